The molecule has 0 unspecified atom stereocenters. The standard InChI is InChI=1S/C18H21NO3S/c1-3-14-7-4-6-13(2)18(14)19-23(20,21)16-9-10-17-15(12-16)8-5-11-22-17/h4,6-7,9-10,12,19H,3,5,8,11H2,1-2H3. The van der Waals surface area contributed by atoms with Crippen molar-refractivity contribution >= 4 is 15.7 Å². The van der Waals surface area contributed by atoms with E-state index in [2.05, 4.69) is 4.72 Å². The molecule has 0 aliphatic carbocycles. The second kappa shape index (κ2) is 6.24. The molecule has 1 heterocycles. The number of para-hydroxylation sites is 1. The van der Waals surface area contributed by atoms with Gasteiger partial charge in [-0.1, -0.05) is 25.1 Å². The van der Waals surface area contributed by atoms with Crippen LogP contribution in [0, 0.1) is 6.92 Å². The van der Waals surface area contributed by atoms with Crippen molar-refractivity contribution in [2.24, 2.45) is 0 Å². The maximum Gasteiger partial charge on any atom is 0.261 e. The van der Waals surface area contributed by atoms with Crippen LogP contribution in [0.15, 0.2) is 41.3 Å². The van der Waals surface area contributed by atoms with E-state index in [9.17, 15) is 8.42 Å². The van der Waals surface area contributed by atoms with Crippen molar-refractivity contribution < 1.29 is 13.2 Å². The van der Waals surface area contributed by atoms with Crippen molar-refractivity contribution in [2.45, 2.75) is 38.0 Å². The summed E-state index contributed by atoms with van der Waals surface area (Å²) in [5, 5.41) is 0. The predicted molar refractivity (Wildman–Crippen MR) is 91.6 cm³/mol. The number of nitrogens with one attached hydrogen (secondary N) is 1. The second-order valence-corrected chi connectivity index (χ2v) is 7.47. The molecule has 0 bridgehead atoms. The molecule has 0 amide bonds. The topological polar surface area (TPSA) is 55.4 Å². The van der Waals surface area contributed by atoms with E-state index in [4.69, 9.17) is 4.74 Å². The van der Waals surface area contributed by atoms with Crippen LogP contribution in [-0.4, -0.2) is 15.0 Å². The molecule has 5 heteroatoms. The molecule has 0 saturated heterocycles. The van der Waals surface area contributed by atoms with Crippen molar-refractivity contribution in [1.29, 1.82) is 0 Å². The highest BCUT2D eigenvalue weighted by Gasteiger charge is 2.20. The number of ether oxygens (including phenoxy) is 1. The van der Waals surface area contributed by atoms with E-state index in [0.29, 0.717) is 12.3 Å². The lowest BCUT2D eigenvalue weighted by molar-refractivity contribution is 0.288. The first-order valence-electron chi connectivity index (χ1n) is 7.88. The number of hydrogen-bond acceptors (Lipinski definition) is 3. The van der Waals surface area contributed by atoms with Crippen LogP contribution in [0.25, 0.3) is 0 Å². The average Bonchev–Trinajstić information content (AvgIpc) is 2.56. The molecule has 2 aromatic carbocycles. The van der Waals surface area contributed by atoms with Crippen molar-refractivity contribution in [1.82, 2.24) is 0 Å². The highest BCUT2D eigenvalue weighted by molar-refractivity contribution is 7.92. The molecule has 0 spiro atoms. The number of hydrogen-bond donors (Lipinski definition) is 1. The Morgan fingerprint density at radius 1 is 1.22 bits per heavy atom. The second-order valence-electron chi connectivity index (χ2n) is 5.79. The summed E-state index contributed by atoms with van der Waals surface area (Å²) in [5.41, 5.74) is 3.56. The Kier molecular flexibility index (Phi) is 4.31. The Bertz CT molecular complexity index is 828. The van der Waals surface area contributed by atoms with Crippen LogP contribution >= 0.6 is 0 Å². The molecule has 0 aromatic heterocycles. The minimum absolute atomic E-state index is 0.284. The molecule has 0 radical (unpaired) electrons. The minimum Gasteiger partial charge on any atom is -0.493 e. The lowest BCUT2D eigenvalue weighted by Gasteiger charge is -2.19. The monoisotopic (exact) mass is 331 g/mol. The zero-order valence-electron chi connectivity index (χ0n) is 13.4. The Morgan fingerprint density at radius 2 is 2.04 bits per heavy atom. The molecular weight excluding hydrogens is 310 g/mol. The number of sulfonamides is 1. The normalized spacial score (nSPS) is 14.0. The van der Waals surface area contributed by atoms with E-state index < -0.39 is 10.0 Å². The fourth-order valence-electron chi connectivity index (χ4n) is 2.87. The lowest BCUT2D eigenvalue weighted by atomic mass is 10.1. The Balaban J connectivity index is 1.97. The van der Waals surface area contributed by atoms with E-state index in [1.54, 1.807) is 18.2 Å². The summed E-state index contributed by atoms with van der Waals surface area (Å²) in [6.45, 7) is 4.63. The van der Waals surface area contributed by atoms with Crippen molar-refractivity contribution in [3.8, 4) is 5.75 Å². The van der Waals surface area contributed by atoms with E-state index in [0.717, 1.165) is 41.7 Å². The van der Waals surface area contributed by atoms with E-state index >= 15 is 0 Å². The van der Waals surface area contributed by atoms with Gasteiger partial charge in [0.1, 0.15) is 5.75 Å². The first-order chi connectivity index (χ1) is 11.0. The number of rotatable bonds is 4. The van der Waals surface area contributed by atoms with Gasteiger partial charge in [-0.05, 0) is 61.1 Å². The predicted octanol–water partition coefficient (Wildman–Crippen LogP) is 3.68. The Morgan fingerprint density at radius 3 is 2.83 bits per heavy atom. The van der Waals surface area contributed by atoms with Crippen LogP contribution in [0.1, 0.15) is 30.0 Å². The third-order valence-corrected chi connectivity index (χ3v) is 5.51. The number of fused-ring (bicyclic) bond motifs is 1. The lowest BCUT2D eigenvalue weighted by Crippen LogP contribution is -2.16. The van der Waals surface area contributed by atoms with Crippen molar-refractivity contribution in [3.63, 3.8) is 0 Å². The molecule has 0 atom stereocenters. The van der Waals surface area contributed by atoms with Gasteiger partial charge in [-0.3, -0.25) is 4.72 Å². The molecule has 0 saturated carbocycles. The van der Waals surface area contributed by atoms with Gasteiger partial charge in [0.25, 0.3) is 10.0 Å². The molecule has 4 nitrogen and oxygen atoms in total. The molecule has 122 valence electrons. The van der Waals surface area contributed by atoms with Crippen molar-refractivity contribution in [2.75, 3.05) is 11.3 Å². The van der Waals surface area contributed by atoms with Gasteiger partial charge < -0.3 is 4.74 Å². The average molecular weight is 331 g/mol. The highest BCUT2D eigenvalue weighted by atomic mass is 32.2. The molecule has 2 aromatic rings. The summed E-state index contributed by atoms with van der Waals surface area (Å²) >= 11 is 0. The van der Waals surface area contributed by atoms with Crippen LogP contribution in [0.3, 0.4) is 0 Å². The minimum atomic E-state index is -3.61. The third-order valence-electron chi connectivity index (χ3n) is 4.17. The zero-order chi connectivity index (χ0) is 16.4. The van der Waals surface area contributed by atoms with Gasteiger partial charge in [0.2, 0.25) is 0 Å². The van der Waals surface area contributed by atoms with E-state index in [1.807, 2.05) is 32.0 Å². The van der Waals surface area contributed by atoms with E-state index in [-0.39, 0.29) is 4.90 Å². The zero-order valence-corrected chi connectivity index (χ0v) is 14.2. The largest absolute Gasteiger partial charge is 0.493 e. The third kappa shape index (κ3) is 3.20. The quantitative estimate of drug-likeness (QED) is 0.930. The van der Waals surface area contributed by atoms with Gasteiger partial charge in [-0.15, -0.1) is 0 Å². The van der Waals surface area contributed by atoms with E-state index in [1.165, 1.54) is 0 Å². The summed E-state index contributed by atoms with van der Waals surface area (Å²) in [6, 6.07) is 10.9. The number of anilines is 1. The van der Waals surface area contributed by atoms with Crippen LogP contribution in [0.2, 0.25) is 0 Å². The van der Waals surface area contributed by atoms with Crippen LogP contribution in [0.4, 0.5) is 5.69 Å². The Labute approximate surface area is 137 Å². The fourth-order valence-corrected chi connectivity index (χ4v) is 4.09. The number of aryl methyl sites for hydroxylation is 3. The maximum absolute atomic E-state index is 12.8. The first kappa shape index (κ1) is 15.9. The van der Waals surface area contributed by atoms with Gasteiger partial charge >= 0.3 is 0 Å². The summed E-state index contributed by atoms with van der Waals surface area (Å²) in [7, 11) is -3.61. The number of benzene rings is 2. The van der Waals surface area contributed by atoms with Gasteiger partial charge in [0, 0.05) is 0 Å². The summed E-state index contributed by atoms with van der Waals surface area (Å²) in [6.07, 6.45) is 2.54. The molecule has 1 aliphatic rings. The molecule has 1 aliphatic heterocycles. The molecule has 1 N–H and O–H groups in total. The van der Waals surface area contributed by atoms with Gasteiger partial charge in [-0.2, -0.15) is 0 Å². The molecule has 3 rings (SSSR count). The maximum atomic E-state index is 12.8. The van der Waals surface area contributed by atoms with Crippen molar-refractivity contribution in [3.05, 3.63) is 53.1 Å². The fraction of sp³-hybridized carbons (Fsp3) is 0.333. The van der Waals surface area contributed by atoms with Gasteiger partial charge in [-0.25, -0.2) is 8.42 Å². The Hall–Kier alpha value is -2.01. The summed E-state index contributed by atoms with van der Waals surface area (Å²) in [4.78, 5) is 0.284. The highest BCUT2D eigenvalue weighted by Crippen LogP contribution is 2.29. The summed E-state index contributed by atoms with van der Waals surface area (Å²) < 4.78 is 33.8. The smallest absolute Gasteiger partial charge is 0.261 e. The van der Waals surface area contributed by atoms with Gasteiger partial charge in [0.15, 0.2) is 0 Å². The molecular formula is C18H21NO3S. The molecule has 0 fully saturated rings. The van der Waals surface area contributed by atoms with Crippen LogP contribution < -0.4 is 9.46 Å². The summed E-state index contributed by atoms with van der Waals surface area (Å²) in [5.74, 6) is 0.792. The first-order valence-corrected chi connectivity index (χ1v) is 9.36. The molecule has 23 heavy (non-hydrogen) atoms. The van der Waals surface area contributed by atoms with Crippen LogP contribution in [0.5, 0.6) is 5.75 Å². The van der Waals surface area contributed by atoms with Crippen LogP contribution in [-0.2, 0) is 22.9 Å². The van der Waals surface area contributed by atoms with Gasteiger partial charge in [0.05, 0.1) is 17.2 Å². The SMILES string of the molecule is CCc1cccc(C)c1NS(=O)(=O)c1ccc2c(c1)CCCO2.